The normalized spacial score (nSPS) is 18.7. The molecular formula is C14H18F3N3O. The molecule has 1 aliphatic heterocycles. The van der Waals surface area contributed by atoms with Crippen molar-refractivity contribution in [3.8, 4) is 0 Å². The molecule has 21 heavy (non-hydrogen) atoms. The summed E-state index contributed by atoms with van der Waals surface area (Å²) in [6, 6.07) is 3.00. The number of carbonyl (C=O) groups excluding carboxylic acids is 1. The quantitative estimate of drug-likeness (QED) is 0.781. The zero-order valence-corrected chi connectivity index (χ0v) is 11.5. The first kappa shape index (κ1) is 15.6. The number of hydrogen-bond donors (Lipinski definition) is 3. The molecule has 0 spiro atoms. The van der Waals surface area contributed by atoms with Gasteiger partial charge in [-0.05, 0) is 50.0 Å². The van der Waals surface area contributed by atoms with E-state index in [-0.39, 0.29) is 5.56 Å². The maximum atomic E-state index is 12.6. The molecule has 4 nitrogen and oxygen atoms in total. The molecule has 1 aromatic carbocycles. The summed E-state index contributed by atoms with van der Waals surface area (Å²) in [6.45, 7) is 2.55. The minimum atomic E-state index is -4.49. The molecule has 1 amide bonds. The molecule has 1 fully saturated rings. The smallest absolute Gasteiger partial charge is 0.384 e. The van der Waals surface area contributed by atoms with Gasteiger partial charge in [-0.2, -0.15) is 13.2 Å². The monoisotopic (exact) mass is 301 g/mol. The predicted molar refractivity (Wildman–Crippen MR) is 74.0 cm³/mol. The van der Waals surface area contributed by atoms with Gasteiger partial charge in [-0.1, -0.05) is 0 Å². The van der Waals surface area contributed by atoms with Gasteiger partial charge in [-0.3, -0.25) is 4.79 Å². The summed E-state index contributed by atoms with van der Waals surface area (Å²) in [7, 11) is 0. The van der Waals surface area contributed by atoms with Crippen molar-refractivity contribution in [2.45, 2.75) is 19.0 Å². The summed E-state index contributed by atoms with van der Waals surface area (Å²) in [4.78, 5) is 11.3. The largest absolute Gasteiger partial charge is 0.416 e. The average Bonchev–Trinajstić information content (AvgIpc) is 2.90. The molecule has 2 rings (SSSR count). The summed E-state index contributed by atoms with van der Waals surface area (Å²) in [5, 5.41) is 6.25. The lowest BCUT2D eigenvalue weighted by Gasteiger charge is -2.14. The molecule has 7 heteroatoms. The summed E-state index contributed by atoms with van der Waals surface area (Å²) < 4.78 is 37.9. The number of rotatable bonds is 5. The first-order valence-electron chi connectivity index (χ1n) is 6.83. The molecule has 0 saturated carbocycles. The van der Waals surface area contributed by atoms with Crippen molar-refractivity contribution >= 4 is 11.6 Å². The van der Waals surface area contributed by atoms with Crippen molar-refractivity contribution in [2.24, 2.45) is 11.7 Å². The van der Waals surface area contributed by atoms with Crippen LogP contribution in [-0.4, -0.2) is 25.5 Å². The van der Waals surface area contributed by atoms with Crippen LogP contribution in [0.4, 0.5) is 18.9 Å². The minimum Gasteiger partial charge on any atom is -0.384 e. The highest BCUT2D eigenvalue weighted by Gasteiger charge is 2.31. The fraction of sp³-hybridized carbons (Fsp3) is 0.500. The lowest BCUT2D eigenvalue weighted by atomic mass is 10.0. The second kappa shape index (κ2) is 6.34. The van der Waals surface area contributed by atoms with Crippen LogP contribution < -0.4 is 16.4 Å². The molecule has 0 aromatic heterocycles. The van der Waals surface area contributed by atoms with Crippen LogP contribution in [0.15, 0.2) is 18.2 Å². The Morgan fingerprint density at radius 2 is 2.19 bits per heavy atom. The molecule has 0 bridgehead atoms. The van der Waals surface area contributed by atoms with Crippen molar-refractivity contribution in [1.82, 2.24) is 5.32 Å². The second-order valence-corrected chi connectivity index (χ2v) is 5.20. The number of hydrogen-bond acceptors (Lipinski definition) is 3. The van der Waals surface area contributed by atoms with Crippen LogP contribution >= 0.6 is 0 Å². The molecule has 1 atom stereocenters. The lowest BCUT2D eigenvalue weighted by molar-refractivity contribution is -0.137. The van der Waals surface area contributed by atoms with Gasteiger partial charge in [0.2, 0.25) is 0 Å². The average molecular weight is 301 g/mol. The van der Waals surface area contributed by atoms with Crippen LogP contribution in [0.3, 0.4) is 0 Å². The van der Waals surface area contributed by atoms with Gasteiger partial charge in [0, 0.05) is 12.2 Å². The lowest BCUT2D eigenvalue weighted by Crippen LogP contribution is -2.18. The Labute approximate surface area is 120 Å². The van der Waals surface area contributed by atoms with Crippen LogP contribution in [-0.2, 0) is 6.18 Å². The number of halogens is 3. The molecule has 1 aliphatic rings. The topological polar surface area (TPSA) is 67.2 Å². The number of benzene rings is 1. The van der Waals surface area contributed by atoms with Crippen LogP contribution in [0.5, 0.6) is 0 Å². The number of anilines is 1. The van der Waals surface area contributed by atoms with Gasteiger partial charge in [0.1, 0.15) is 0 Å². The summed E-state index contributed by atoms with van der Waals surface area (Å²) >= 11 is 0. The van der Waals surface area contributed by atoms with E-state index in [0.717, 1.165) is 38.1 Å². The molecule has 4 N–H and O–H groups in total. The number of primary amides is 1. The van der Waals surface area contributed by atoms with Crippen LogP contribution in [0.1, 0.15) is 28.8 Å². The number of alkyl halides is 3. The molecular weight excluding hydrogens is 283 g/mol. The van der Waals surface area contributed by atoms with Crippen LogP contribution in [0.2, 0.25) is 0 Å². The van der Waals surface area contributed by atoms with E-state index < -0.39 is 17.6 Å². The Bertz CT molecular complexity index is 511. The fourth-order valence-corrected chi connectivity index (χ4v) is 2.45. The molecule has 0 aliphatic carbocycles. The van der Waals surface area contributed by atoms with E-state index in [4.69, 9.17) is 5.73 Å². The Hall–Kier alpha value is -1.76. The predicted octanol–water partition coefficient (Wildman–Crippen LogP) is 2.22. The summed E-state index contributed by atoms with van der Waals surface area (Å²) in [6.07, 6.45) is -2.50. The SMILES string of the molecule is NC(=O)c1cc(C(F)(F)F)ccc1NCCC1CCNC1. The minimum absolute atomic E-state index is 0.130. The zero-order valence-electron chi connectivity index (χ0n) is 11.5. The van der Waals surface area contributed by atoms with Crippen molar-refractivity contribution in [1.29, 1.82) is 0 Å². The number of nitrogens with one attached hydrogen (secondary N) is 2. The van der Waals surface area contributed by atoms with Gasteiger partial charge in [-0.25, -0.2) is 0 Å². The Morgan fingerprint density at radius 3 is 2.76 bits per heavy atom. The van der Waals surface area contributed by atoms with E-state index >= 15 is 0 Å². The van der Waals surface area contributed by atoms with E-state index in [1.165, 1.54) is 6.07 Å². The van der Waals surface area contributed by atoms with Gasteiger partial charge >= 0.3 is 6.18 Å². The Kier molecular flexibility index (Phi) is 4.72. The molecule has 1 aromatic rings. The maximum Gasteiger partial charge on any atom is 0.416 e. The first-order chi connectivity index (χ1) is 9.88. The highest BCUT2D eigenvalue weighted by molar-refractivity contribution is 5.98. The summed E-state index contributed by atoms with van der Waals surface area (Å²) in [5.74, 6) is -0.310. The third-order valence-electron chi connectivity index (χ3n) is 3.64. The molecule has 1 heterocycles. The standard InChI is InChI=1S/C14H18F3N3O/c15-14(16,17)10-1-2-12(11(7-10)13(18)21)20-6-4-9-3-5-19-8-9/h1-2,7,9,19-20H,3-6,8H2,(H2,18,21). The molecule has 1 saturated heterocycles. The van der Waals surface area contributed by atoms with E-state index in [9.17, 15) is 18.0 Å². The van der Waals surface area contributed by atoms with Gasteiger partial charge in [0.25, 0.3) is 5.91 Å². The fourth-order valence-electron chi connectivity index (χ4n) is 2.45. The second-order valence-electron chi connectivity index (χ2n) is 5.20. The highest BCUT2D eigenvalue weighted by Crippen LogP contribution is 2.31. The highest BCUT2D eigenvalue weighted by atomic mass is 19.4. The third kappa shape index (κ3) is 4.10. The van der Waals surface area contributed by atoms with Gasteiger partial charge in [-0.15, -0.1) is 0 Å². The number of carbonyl (C=O) groups is 1. The molecule has 0 radical (unpaired) electrons. The maximum absolute atomic E-state index is 12.6. The third-order valence-corrected chi connectivity index (χ3v) is 3.64. The van der Waals surface area contributed by atoms with E-state index in [1.54, 1.807) is 0 Å². The van der Waals surface area contributed by atoms with Crippen molar-refractivity contribution in [2.75, 3.05) is 25.0 Å². The van der Waals surface area contributed by atoms with Gasteiger partial charge in [0.05, 0.1) is 11.1 Å². The summed E-state index contributed by atoms with van der Waals surface area (Å²) in [5.41, 5.74) is 4.51. The Balaban J connectivity index is 2.05. The zero-order chi connectivity index (χ0) is 15.5. The van der Waals surface area contributed by atoms with Crippen molar-refractivity contribution in [3.05, 3.63) is 29.3 Å². The van der Waals surface area contributed by atoms with E-state index in [2.05, 4.69) is 10.6 Å². The van der Waals surface area contributed by atoms with E-state index in [0.29, 0.717) is 18.2 Å². The number of nitrogens with two attached hydrogens (primary N) is 1. The van der Waals surface area contributed by atoms with E-state index in [1.807, 2.05) is 0 Å². The number of amides is 1. The molecule has 116 valence electrons. The Morgan fingerprint density at radius 1 is 1.43 bits per heavy atom. The van der Waals surface area contributed by atoms with Crippen molar-refractivity contribution < 1.29 is 18.0 Å². The molecule has 1 unspecified atom stereocenters. The van der Waals surface area contributed by atoms with Gasteiger partial charge < -0.3 is 16.4 Å². The van der Waals surface area contributed by atoms with Crippen molar-refractivity contribution in [3.63, 3.8) is 0 Å². The first-order valence-corrected chi connectivity index (χ1v) is 6.83. The van der Waals surface area contributed by atoms with Crippen LogP contribution in [0, 0.1) is 5.92 Å². The van der Waals surface area contributed by atoms with Crippen LogP contribution in [0.25, 0.3) is 0 Å². The van der Waals surface area contributed by atoms with Gasteiger partial charge in [0.15, 0.2) is 0 Å².